The normalized spacial score (nSPS) is 23.6. The number of benzene rings is 1. The molecule has 1 atom stereocenters. The summed E-state index contributed by atoms with van der Waals surface area (Å²) in [6, 6.07) is 10.3. The first-order valence-electron chi connectivity index (χ1n) is 6.65. The minimum absolute atomic E-state index is 0.243. The lowest BCUT2D eigenvalue weighted by Gasteiger charge is -2.33. The summed E-state index contributed by atoms with van der Waals surface area (Å²) in [6.07, 6.45) is 4.54. The van der Waals surface area contributed by atoms with Gasteiger partial charge in [0.05, 0.1) is 0 Å². The maximum absolute atomic E-state index is 12.5. The Morgan fingerprint density at radius 1 is 1.37 bits per heavy atom. The van der Waals surface area contributed by atoms with Crippen LogP contribution in [0.2, 0.25) is 0 Å². The van der Waals surface area contributed by atoms with Gasteiger partial charge in [-0.25, -0.2) is 0 Å². The van der Waals surface area contributed by atoms with Crippen molar-refractivity contribution in [2.45, 2.75) is 38.0 Å². The van der Waals surface area contributed by atoms with Gasteiger partial charge in [0.1, 0.15) is 0 Å². The van der Waals surface area contributed by atoms with Crippen LogP contribution in [-0.4, -0.2) is 5.78 Å². The van der Waals surface area contributed by atoms with Crippen molar-refractivity contribution < 1.29 is 4.79 Å². The van der Waals surface area contributed by atoms with E-state index in [-0.39, 0.29) is 11.2 Å². The lowest BCUT2D eigenvalue weighted by molar-refractivity contribution is -0.124. The van der Waals surface area contributed by atoms with Gasteiger partial charge in [0.2, 0.25) is 0 Å². The Morgan fingerprint density at radius 3 is 2.68 bits per heavy atom. The van der Waals surface area contributed by atoms with Crippen molar-refractivity contribution in [3.63, 3.8) is 0 Å². The van der Waals surface area contributed by atoms with Crippen LogP contribution >= 0.6 is 11.8 Å². The maximum Gasteiger partial charge on any atom is 0.165 e. The highest BCUT2D eigenvalue weighted by Gasteiger charge is 2.37. The second-order valence-electron chi connectivity index (χ2n) is 5.35. The molecule has 0 spiro atoms. The van der Waals surface area contributed by atoms with Crippen molar-refractivity contribution in [2.75, 3.05) is 0 Å². The Morgan fingerprint density at radius 2 is 2.05 bits per heavy atom. The highest BCUT2D eigenvalue weighted by molar-refractivity contribution is 8.03. The standard InChI is InChI=1S/C17H20OS/c1-4-11-17(3)12-10-15(13(2)16(17)18)19-14-8-6-5-7-9-14/h4-9H,1,10-12H2,2-3H3/t17-/m0/s1. The molecule has 0 N–H and O–H groups in total. The number of rotatable bonds is 4. The number of allylic oxidation sites excluding steroid dienone is 3. The fraction of sp³-hybridized carbons (Fsp3) is 0.353. The first-order valence-corrected chi connectivity index (χ1v) is 7.47. The lowest BCUT2D eigenvalue weighted by Crippen LogP contribution is -2.31. The molecule has 0 saturated heterocycles. The van der Waals surface area contributed by atoms with Crippen LogP contribution in [0, 0.1) is 5.41 Å². The topological polar surface area (TPSA) is 17.1 Å². The Bertz CT molecular complexity index is 515. The molecule has 0 amide bonds. The number of thioether (sulfide) groups is 1. The average molecular weight is 272 g/mol. The van der Waals surface area contributed by atoms with Crippen molar-refractivity contribution in [1.82, 2.24) is 0 Å². The quantitative estimate of drug-likeness (QED) is 0.718. The number of hydrogen-bond acceptors (Lipinski definition) is 2. The van der Waals surface area contributed by atoms with Crippen molar-refractivity contribution in [3.05, 3.63) is 53.5 Å². The molecule has 1 aromatic rings. The zero-order valence-electron chi connectivity index (χ0n) is 11.6. The summed E-state index contributed by atoms with van der Waals surface area (Å²) in [7, 11) is 0. The van der Waals surface area contributed by atoms with Gasteiger partial charge < -0.3 is 0 Å². The average Bonchev–Trinajstić information content (AvgIpc) is 2.42. The van der Waals surface area contributed by atoms with Crippen molar-refractivity contribution in [2.24, 2.45) is 5.41 Å². The minimum Gasteiger partial charge on any atom is -0.294 e. The summed E-state index contributed by atoms with van der Waals surface area (Å²) in [4.78, 5) is 14.9. The van der Waals surface area contributed by atoms with Crippen LogP contribution in [0.25, 0.3) is 0 Å². The van der Waals surface area contributed by atoms with Crippen LogP contribution in [0.4, 0.5) is 0 Å². The molecule has 0 aliphatic heterocycles. The van der Waals surface area contributed by atoms with Crippen LogP contribution in [0.3, 0.4) is 0 Å². The Kier molecular flexibility index (Phi) is 4.31. The van der Waals surface area contributed by atoms with Crippen LogP contribution < -0.4 is 0 Å². The monoisotopic (exact) mass is 272 g/mol. The minimum atomic E-state index is -0.243. The highest BCUT2D eigenvalue weighted by atomic mass is 32.2. The summed E-state index contributed by atoms with van der Waals surface area (Å²) in [5, 5.41) is 0. The third kappa shape index (κ3) is 3.01. The smallest absolute Gasteiger partial charge is 0.165 e. The second-order valence-corrected chi connectivity index (χ2v) is 6.51. The molecule has 0 heterocycles. The zero-order chi connectivity index (χ0) is 13.9. The van der Waals surface area contributed by atoms with Gasteiger partial charge in [-0.15, -0.1) is 6.58 Å². The third-order valence-corrected chi connectivity index (χ3v) is 5.05. The zero-order valence-corrected chi connectivity index (χ0v) is 12.4. The molecule has 2 heteroatoms. The molecule has 0 fully saturated rings. The number of Topliss-reactive ketones (excluding diaryl/α,β-unsaturated/α-hetero) is 1. The Balaban J connectivity index is 2.22. The van der Waals surface area contributed by atoms with Gasteiger partial charge in [0.15, 0.2) is 5.78 Å². The molecular formula is C17H20OS. The van der Waals surface area contributed by atoms with Gasteiger partial charge in [-0.3, -0.25) is 4.79 Å². The first-order chi connectivity index (χ1) is 9.07. The molecule has 1 aliphatic rings. The molecule has 1 aromatic carbocycles. The lowest BCUT2D eigenvalue weighted by atomic mass is 9.72. The second kappa shape index (κ2) is 5.79. The fourth-order valence-electron chi connectivity index (χ4n) is 2.54. The van der Waals surface area contributed by atoms with E-state index in [2.05, 4.69) is 25.6 Å². The Labute approximate surface area is 119 Å². The van der Waals surface area contributed by atoms with Gasteiger partial charge in [0.25, 0.3) is 0 Å². The van der Waals surface area contributed by atoms with E-state index in [1.165, 1.54) is 9.80 Å². The molecule has 1 aliphatic carbocycles. The van der Waals surface area contributed by atoms with Crippen LogP contribution in [0.15, 0.2) is 58.4 Å². The summed E-state index contributed by atoms with van der Waals surface area (Å²) < 4.78 is 0. The van der Waals surface area contributed by atoms with Crippen LogP contribution in [0.1, 0.15) is 33.1 Å². The summed E-state index contributed by atoms with van der Waals surface area (Å²) in [5.74, 6) is 0.289. The largest absolute Gasteiger partial charge is 0.294 e. The van der Waals surface area contributed by atoms with E-state index in [0.29, 0.717) is 0 Å². The van der Waals surface area contributed by atoms with Crippen molar-refractivity contribution >= 4 is 17.5 Å². The van der Waals surface area contributed by atoms with E-state index in [4.69, 9.17) is 0 Å². The number of hydrogen-bond donors (Lipinski definition) is 0. The Hall–Kier alpha value is -1.28. The van der Waals surface area contributed by atoms with Gasteiger partial charge in [0, 0.05) is 15.9 Å². The maximum atomic E-state index is 12.5. The molecule has 0 bridgehead atoms. The van der Waals surface area contributed by atoms with E-state index < -0.39 is 0 Å². The molecule has 0 saturated carbocycles. The van der Waals surface area contributed by atoms with Gasteiger partial charge in [-0.1, -0.05) is 43.0 Å². The van der Waals surface area contributed by atoms with Crippen LogP contribution in [-0.2, 0) is 4.79 Å². The van der Waals surface area contributed by atoms with Crippen LogP contribution in [0.5, 0.6) is 0 Å². The van der Waals surface area contributed by atoms with Gasteiger partial charge in [-0.05, 0) is 43.2 Å². The fourth-order valence-corrected chi connectivity index (χ4v) is 3.57. The first kappa shape index (κ1) is 14.1. The molecule has 19 heavy (non-hydrogen) atoms. The van der Waals surface area contributed by atoms with E-state index in [9.17, 15) is 4.79 Å². The number of carbonyl (C=O) groups excluding carboxylic acids is 1. The summed E-state index contributed by atoms with van der Waals surface area (Å²) >= 11 is 1.73. The summed E-state index contributed by atoms with van der Waals surface area (Å²) in [5.41, 5.74) is 0.691. The number of ketones is 1. The number of carbonyl (C=O) groups is 1. The van der Waals surface area contributed by atoms with E-state index in [0.717, 1.165) is 24.8 Å². The van der Waals surface area contributed by atoms with E-state index in [1.807, 2.05) is 31.2 Å². The van der Waals surface area contributed by atoms with Gasteiger partial charge >= 0.3 is 0 Å². The molecule has 0 radical (unpaired) electrons. The molecule has 2 rings (SSSR count). The van der Waals surface area contributed by atoms with E-state index in [1.54, 1.807) is 11.8 Å². The predicted octanol–water partition coefficient (Wildman–Crippen LogP) is 5.00. The SMILES string of the molecule is C=CC[C@@]1(C)CCC(Sc2ccccc2)=C(C)C1=O. The molecule has 0 aromatic heterocycles. The summed E-state index contributed by atoms with van der Waals surface area (Å²) in [6.45, 7) is 7.80. The predicted molar refractivity (Wildman–Crippen MR) is 82.2 cm³/mol. The van der Waals surface area contributed by atoms with Crippen molar-refractivity contribution in [3.8, 4) is 0 Å². The van der Waals surface area contributed by atoms with Gasteiger partial charge in [-0.2, -0.15) is 0 Å². The third-order valence-electron chi connectivity index (χ3n) is 3.79. The highest BCUT2D eigenvalue weighted by Crippen LogP contribution is 2.44. The molecular weight excluding hydrogens is 252 g/mol. The van der Waals surface area contributed by atoms with Crippen molar-refractivity contribution in [1.29, 1.82) is 0 Å². The molecule has 0 unspecified atom stereocenters. The van der Waals surface area contributed by atoms with E-state index >= 15 is 0 Å². The molecule has 100 valence electrons. The molecule has 1 nitrogen and oxygen atoms in total.